The predicted molar refractivity (Wildman–Crippen MR) is 86.9 cm³/mol. The quantitative estimate of drug-likeness (QED) is 0.779. The van der Waals surface area contributed by atoms with Crippen LogP contribution < -0.4 is 5.32 Å². The largest absolute Gasteiger partial charge is 0.307 e. The van der Waals surface area contributed by atoms with Gasteiger partial charge in [0.15, 0.2) is 0 Å². The molecule has 0 radical (unpaired) electrons. The molecule has 3 aromatic rings. The van der Waals surface area contributed by atoms with Crippen LogP contribution in [0.25, 0.3) is 5.65 Å². The SMILES string of the molecule is Cc1cccn2c(CNCc3cccc(Cl)c3Cl)cnc12. The van der Waals surface area contributed by atoms with Gasteiger partial charge in [-0.25, -0.2) is 4.98 Å². The van der Waals surface area contributed by atoms with Gasteiger partial charge in [-0.3, -0.25) is 0 Å². The minimum Gasteiger partial charge on any atom is -0.307 e. The maximum absolute atomic E-state index is 6.18. The van der Waals surface area contributed by atoms with E-state index < -0.39 is 0 Å². The molecule has 0 aliphatic rings. The van der Waals surface area contributed by atoms with Crippen molar-refractivity contribution in [1.29, 1.82) is 0 Å². The number of nitrogens with zero attached hydrogens (tertiary/aromatic N) is 2. The van der Waals surface area contributed by atoms with Crippen molar-refractivity contribution in [2.45, 2.75) is 20.0 Å². The first kappa shape index (κ1) is 14.4. The first-order valence-electron chi connectivity index (χ1n) is 6.72. The number of hydrogen-bond acceptors (Lipinski definition) is 2. The lowest BCUT2D eigenvalue weighted by atomic mass is 10.2. The zero-order valence-corrected chi connectivity index (χ0v) is 13.1. The maximum Gasteiger partial charge on any atom is 0.139 e. The standard InChI is InChI=1S/C16H15Cl2N3/c1-11-4-3-7-21-13(10-20-16(11)21)9-19-8-12-5-2-6-14(17)15(12)18/h2-7,10,19H,8-9H2,1H3. The number of nitrogens with one attached hydrogen (secondary N) is 1. The topological polar surface area (TPSA) is 29.3 Å². The fourth-order valence-electron chi connectivity index (χ4n) is 2.34. The van der Waals surface area contributed by atoms with Gasteiger partial charge in [-0.05, 0) is 30.2 Å². The minimum atomic E-state index is 0.585. The van der Waals surface area contributed by atoms with Gasteiger partial charge in [-0.2, -0.15) is 0 Å². The van der Waals surface area contributed by atoms with Crippen molar-refractivity contribution in [2.24, 2.45) is 0 Å². The molecule has 0 unspecified atom stereocenters. The molecule has 0 saturated carbocycles. The van der Waals surface area contributed by atoms with Gasteiger partial charge in [0.1, 0.15) is 5.65 Å². The number of fused-ring (bicyclic) bond motifs is 1. The van der Waals surface area contributed by atoms with E-state index in [4.69, 9.17) is 23.2 Å². The van der Waals surface area contributed by atoms with Crippen LogP contribution in [-0.4, -0.2) is 9.38 Å². The highest BCUT2D eigenvalue weighted by molar-refractivity contribution is 6.42. The summed E-state index contributed by atoms with van der Waals surface area (Å²) in [7, 11) is 0. The third-order valence-corrected chi connectivity index (χ3v) is 4.32. The average Bonchev–Trinajstić information content (AvgIpc) is 2.88. The first-order chi connectivity index (χ1) is 10.2. The number of benzene rings is 1. The number of aryl methyl sites for hydroxylation is 1. The molecule has 108 valence electrons. The summed E-state index contributed by atoms with van der Waals surface area (Å²) in [5.41, 5.74) is 4.28. The van der Waals surface area contributed by atoms with Crippen molar-refractivity contribution < 1.29 is 0 Å². The van der Waals surface area contributed by atoms with E-state index >= 15 is 0 Å². The van der Waals surface area contributed by atoms with Crippen LogP contribution in [0.1, 0.15) is 16.8 Å². The van der Waals surface area contributed by atoms with E-state index in [9.17, 15) is 0 Å². The minimum absolute atomic E-state index is 0.585. The van der Waals surface area contributed by atoms with Gasteiger partial charge in [0.05, 0.1) is 21.9 Å². The smallest absolute Gasteiger partial charge is 0.139 e. The molecule has 0 saturated heterocycles. The summed E-state index contributed by atoms with van der Waals surface area (Å²) in [6.07, 6.45) is 3.92. The predicted octanol–water partition coefficient (Wildman–Crippen LogP) is 4.24. The number of rotatable bonds is 4. The lowest BCUT2D eigenvalue weighted by Crippen LogP contribution is -2.14. The molecule has 21 heavy (non-hydrogen) atoms. The van der Waals surface area contributed by atoms with Gasteiger partial charge in [0, 0.05) is 19.3 Å². The fraction of sp³-hybridized carbons (Fsp3) is 0.188. The van der Waals surface area contributed by atoms with E-state index in [1.807, 2.05) is 30.6 Å². The van der Waals surface area contributed by atoms with Crippen LogP contribution in [0, 0.1) is 6.92 Å². The molecular weight excluding hydrogens is 305 g/mol. The summed E-state index contributed by atoms with van der Waals surface area (Å²) in [5.74, 6) is 0. The fourth-order valence-corrected chi connectivity index (χ4v) is 2.73. The summed E-state index contributed by atoms with van der Waals surface area (Å²) >= 11 is 12.2. The highest BCUT2D eigenvalue weighted by Crippen LogP contribution is 2.25. The van der Waals surface area contributed by atoms with E-state index in [1.165, 1.54) is 5.56 Å². The Morgan fingerprint density at radius 3 is 2.86 bits per heavy atom. The second kappa shape index (κ2) is 6.06. The van der Waals surface area contributed by atoms with E-state index in [2.05, 4.69) is 27.7 Å². The van der Waals surface area contributed by atoms with Crippen LogP contribution in [-0.2, 0) is 13.1 Å². The van der Waals surface area contributed by atoms with Crippen molar-refractivity contribution in [1.82, 2.24) is 14.7 Å². The summed E-state index contributed by atoms with van der Waals surface area (Å²) in [6, 6.07) is 9.76. The summed E-state index contributed by atoms with van der Waals surface area (Å²) in [4.78, 5) is 4.45. The van der Waals surface area contributed by atoms with Crippen LogP contribution in [0.4, 0.5) is 0 Å². The van der Waals surface area contributed by atoms with Gasteiger partial charge in [-0.15, -0.1) is 0 Å². The molecule has 3 nitrogen and oxygen atoms in total. The molecule has 0 aliphatic carbocycles. The molecule has 2 aromatic heterocycles. The Hall–Kier alpha value is -1.55. The normalized spacial score (nSPS) is 11.2. The van der Waals surface area contributed by atoms with Crippen molar-refractivity contribution >= 4 is 28.8 Å². The monoisotopic (exact) mass is 319 g/mol. The third kappa shape index (κ3) is 2.91. The van der Waals surface area contributed by atoms with Crippen LogP contribution in [0.2, 0.25) is 10.0 Å². The van der Waals surface area contributed by atoms with Crippen LogP contribution in [0.5, 0.6) is 0 Å². The zero-order chi connectivity index (χ0) is 14.8. The number of halogens is 2. The van der Waals surface area contributed by atoms with E-state index in [0.29, 0.717) is 23.1 Å². The number of imidazole rings is 1. The lowest BCUT2D eigenvalue weighted by molar-refractivity contribution is 0.675. The Labute approximate surface area is 133 Å². The molecule has 5 heteroatoms. The first-order valence-corrected chi connectivity index (χ1v) is 7.47. The Bertz CT molecular complexity index is 780. The molecule has 0 fully saturated rings. The Balaban J connectivity index is 1.73. The lowest BCUT2D eigenvalue weighted by Gasteiger charge is -2.08. The molecule has 0 bridgehead atoms. The van der Waals surface area contributed by atoms with E-state index in [1.54, 1.807) is 6.07 Å². The molecule has 3 rings (SSSR count). The molecule has 1 N–H and O–H groups in total. The summed E-state index contributed by atoms with van der Waals surface area (Å²) in [6.45, 7) is 3.44. The van der Waals surface area contributed by atoms with Gasteiger partial charge >= 0.3 is 0 Å². The Morgan fingerprint density at radius 1 is 1.14 bits per heavy atom. The second-order valence-corrected chi connectivity index (χ2v) is 5.74. The van der Waals surface area contributed by atoms with Crippen molar-refractivity contribution in [3.05, 3.63) is 69.6 Å². The highest BCUT2D eigenvalue weighted by Gasteiger charge is 2.06. The number of hydrogen-bond donors (Lipinski definition) is 1. The molecule has 0 amide bonds. The summed E-state index contributed by atoms with van der Waals surface area (Å²) in [5, 5.41) is 4.58. The molecule has 2 heterocycles. The van der Waals surface area contributed by atoms with Crippen LogP contribution in [0.3, 0.4) is 0 Å². The highest BCUT2D eigenvalue weighted by atomic mass is 35.5. The van der Waals surface area contributed by atoms with E-state index in [0.717, 1.165) is 16.9 Å². The van der Waals surface area contributed by atoms with Gasteiger partial charge in [0.2, 0.25) is 0 Å². The molecule has 0 spiro atoms. The second-order valence-electron chi connectivity index (χ2n) is 4.95. The van der Waals surface area contributed by atoms with Crippen molar-refractivity contribution in [3.63, 3.8) is 0 Å². The molecule has 0 aliphatic heterocycles. The van der Waals surface area contributed by atoms with Gasteiger partial charge in [0.25, 0.3) is 0 Å². The number of pyridine rings is 1. The zero-order valence-electron chi connectivity index (χ0n) is 11.6. The molecular formula is C16H15Cl2N3. The Kier molecular flexibility index (Phi) is 4.15. The average molecular weight is 320 g/mol. The third-order valence-electron chi connectivity index (χ3n) is 3.46. The van der Waals surface area contributed by atoms with Crippen molar-refractivity contribution in [3.8, 4) is 0 Å². The number of aromatic nitrogens is 2. The van der Waals surface area contributed by atoms with E-state index in [-0.39, 0.29) is 0 Å². The van der Waals surface area contributed by atoms with Crippen LogP contribution in [0.15, 0.2) is 42.7 Å². The Morgan fingerprint density at radius 2 is 2.00 bits per heavy atom. The summed E-state index contributed by atoms with van der Waals surface area (Å²) < 4.78 is 2.10. The van der Waals surface area contributed by atoms with Gasteiger partial charge < -0.3 is 9.72 Å². The van der Waals surface area contributed by atoms with Crippen molar-refractivity contribution in [2.75, 3.05) is 0 Å². The molecule has 1 aromatic carbocycles. The van der Waals surface area contributed by atoms with Gasteiger partial charge in [-0.1, -0.05) is 41.4 Å². The maximum atomic E-state index is 6.18. The van der Waals surface area contributed by atoms with Crippen LogP contribution >= 0.6 is 23.2 Å². The molecule has 0 atom stereocenters.